The summed E-state index contributed by atoms with van der Waals surface area (Å²) in [4.78, 5) is 23.4. The number of aromatic nitrogens is 3. The molecule has 4 aromatic rings. The highest BCUT2D eigenvalue weighted by Gasteiger charge is 2.30. The van der Waals surface area contributed by atoms with E-state index in [0.717, 1.165) is 59.1 Å². The Morgan fingerprint density at radius 2 is 1.90 bits per heavy atom. The first-order valence-electron chi connectivity index (χ1n) is 14.3. The van der Waals surface area contributed by atoms with Gasteiger partial charge in [-0.15, -0.1) is 0 Å². The number of anilines is 1. The molecule has 9 heteroatoms. The number of ether oxygens (including phenoxy) is 1. The van der Waals surface area contributed by atoms with E-state index in [2.05, 4.69) is 21.5 Å². The molecule has 2 atom stereocenters. The Morgan fingerprint density at radius 1 is 1.15 bits per heavy atom. The van der Waals surface area contributed by atoms with E-state index in [1.54, 1.807) is 25.6 Å². The second-order valence-electron chi connectivity index (χ2n) is 11.0. The third-order valence-electron chi connectivity index (χ3n) is 8.12. The van der Waals surface area contributed by atoms with Crippen LogP contribution in [0, 0.1) is 12.7 Å². The molecule has 0 radical (unpaired) electrons. The standard InChI is InChI=1S/C32H39FN6O2/c1-21-27-7-3-8-28(33)31(27)39(14-5-15-41-2)30(21)24-6-4-13-38(20-24)29(40)17-26(34)16-22-9-11-23(12-10-22)25-18-36-32(35)37-19-25/h3,7-12,18-19,24,26H,4-6,13-17,20,34H2,1-2H3,(H2,35,36,37)/t24?,26-/m1/s1. The summed E-state index contributed by atoms with van der Waals surface area (Å²) in [6.07, 6.45) is 6.95. The molecule has 0 bridgehead atoms. The molecule has 1 saturated heterocycles. The predicted octanol–water partition coefficient (Wildman–Crippen LogP) is 4.83. The lowest BCUT2D eigenvalue weighted by Crippen LogP contribution is -2.42. The molecule has 5 rings (SSSR count). The summed E-state index contributed by atoms with van der Waals surface area (Å²) in [6, 6.07) is 13.1. The summed E-state index contributed by atoms with van der Waals surface area (Å²) in [6.45, 7) is 4.70. The first-order chi connectivity index (χ1) is 19.9. The van der Waals surface area contributed by atoms with Crippen LogP contribution in [-0.2, 0) is 22.5 Å². The molecule has 1 aliphatic rings. The number of carbonyl (C=O) groups excluding carboxylic acids is 1. The van der Waals surface area contributed by atoms with Crippen LogP contribution in [0.3, 0.4) is 0 Å². The number of hydrogen-bond acceptors (Lipinski definition) is 6. The zero-order valence-corrected chi connectivity index (χ0v) is 23.9. The van der Waals surface area contributed by atoms with Crippen molar-refractivity contribution < 1.29 is 13.9 Å². The van der Waals surface area contributed by atoms with Crippen molar-refractivity contribution in [1.82, 2.24) is 19.4 Å². The van der Waals surface area contributed by atoms with E-state index in [4.69, 9.17) is 16.2 Å². The number of piperidine rings is 1. The van der Waals surface area contributed by atoms with E-state index in [-0.39, 0.29) is 36.1 Å². The minimum Gasteiger partial charge on any atom is -0.385 e. The highest BCUT2D eigenvalue weighted by Crippen LogP contribution is 2.37. The average Bonchev–Trinajstić information content (AvgIpc) is 3.26. The first kappa shape index (κ1) is 28.7. The van der Waals surface area contributed by atoms with Gasteiger partial charge in [0.05, 0.1) is 5.52 Å². The number of nitrogens with two attached hydrogens (primary N) is 2. The van der Waals surface area contributed by atoms with Crippen molar-refractivity contribution in [2.24, 2.45) is 5.73 Å². The van der Waals surface area contributed by atoms with Gasteiger partial charge >= 0.3 is 0 Å². The van der Waals surface area contributed by atoms with Crippen molar-refractivity contribution in [3.63, 3.8) is 0 Å². The Labute approximate surface area is 240 Å². The largest absolute Gasteiger partial charge is 0.385 e. The van der Waals surface area contributed by atoms with Crippen molar-refractivity contribution in [3.05, 3.63) is 77.5 Å². The van der Waals surface area contributed by atoms with Crippen LogP contribution < -0.4 is 11.5 Å². The van der Waals surface area contributed by atoms with Gasteiger partial charge < -0.3 is 25.7 Å². The summed E-state index contributed by atoms with van der Waals surface area (Å²) in [5.74, 6) is 0.250. The number of benzene rings is 2. The van der Waals surface area contributed by atoms with Gasteiger partial charge in [-0.3, -0.25) is 4.79 Å². The summed E-state index contributed by atoms with van der Waals surface area (Å²) >= 11 is 0. The maximum Gasteiger partial charge on any atom is 0.224 e. The molecule has 0 spiro atoms. The average molecular weight is 559 g/mol. The number of rotatable bonds is 10. The number of nitrogens with zero attached hydrogens (tertiary/aromatic N) is 4. The van der Waals surface area contributed by atoms with Crippen LogP contribution in [0.25, 0.3) is 22.0 Å². The molecule has 3 heterocycles. The molecule has 41 heavy (non-hydrogen) atoms. The van der Waals surface area contributed by atoms with Gasteiger partial charge in [-0.2, -0.15) is 0 Å². The molecule has 1 aliphatic heterocycles. The minimum atomic E-state index is -0.287. The van der Waals surface area contributed by atoms with E-state index in [0.29, 0.717) is 31.6 Å². The highest BCUT2D eigenvalue weighted by molar-refractivity contribution is 5.86. The fourth-order valence-corrected chi connectivity index (χ4v) is 6.15. The van der Waals surface area contributed by atoms with Gasteiger partial charge in [0.25, 0.3) is 0 Å². The topological polar surface area (TPSA) is 112 Å². The van der Waals surface area contributed by atoms with Crippen molar-refractivity contribution in [3.8, 4) is 11.1 Å². The third-order valence-corrected chi connectivity index (χ3v) is 8.12. The van der Waals surface area contributed by atoms with E-state index in [1.165, 1.54) is 6.07 Å². The summed E-state index contributed by atoms with van der Waals surface area (Å²) in [5, 5.41) is 0.942. The summed E-state index contributed by atoms with van der Waals surface area (Å²) in [7, 11) is 1.68. The molecule has 0 aliphatic carbocycles. The van der Waals surface area contributed by atoms with Gasteiger partial charge in [-0.05, 0) is 55.4 Å². The number of nitrogen functional groups attached to an aromatic ring is 1. The molecule has 0 saturated carbocycles. The maximum absolute atomic E-state index is 15.0. The molecule has 1 fully saturated rings. The highest BCUT2D eigenvalue weighted by atomic mass is 19.1. The fourth-order valence-electron chi connectivity index (χ4n) is 6.15. The van der Waals surface area contributed by atoms with Crippen LogP contribution in [0.15, 0.2) is 54.9 Å². The zero-order chi connectivity index (χ0) is 28.9. The summed E-state index contributed by atoms with van der Waals surface area (Å²) in [5.41, 5.74) is 17.9. The van der Waals surface area contributed by atoms with E-state index < -0.39 is 0 Å². The first-order valence-corrected chi connectivity index (χ1v) is 14.3. The van der Waals surface area contributed by atoms with E-state index >= 15 is 4.39 Å². The van der Waals surface area contributed by atoms with E-state index in [1.807, 2.05) is 35.2 Å². The summed E-state index contributed by atoms with van der Waals surface area (Å²) < 4.78 is 22.4. The second kappa shape index (κ2) is 12.8. The lowest BCUT2D eigenvalue weighted by molar-refractivity contribution is -0.132. The van der Waals surface area contributed by atoms with Crippen molar-refractivity contribution in [2.45, 2.75) is 57.5 Å². The number of amides is 1. The van der Waals surface area contributed by atoms with Gasteiger partial charge in [0, 0.05) is 80.8 Å². The van der Waals surface area contributed by atoms with Crippen LogP contribution >= 0.6 is 0 Å². The Bertz CT molecular complexity index is 1490. The van der Waals surface area contributed by atoms with Gasteiger partial charge in [-0.1, -0.05) is 36.4 Å². The number of halogens is 1. The quantitative estimate of drug-likeness (QED) is 0.270. The minimum absolute atomic E-state index is 0.0729. The third kappa shape index (κ3) is 6.41. The van der Waals surface area contributed by atoms with Crippen molar-refractivity contribution >= 4 is 22.8 Å². The molecule has 2 aromatic carbocycles. The van der Waals surface area contributed by atoms with Gasteiger partial charge in [0.1, 0.15) is 5.82 Å². The van der Waals surface area contributed by atoms with Crippen LogP contribution in [0.1, 0.15) is 48.4 Å². The number of fused-ring (bicyclic) bond motifs is 1. The molecule has 8 nitrogen and oxygen atoms in total. The number of methoxy groups -OCH3 is 1. The van der Waals surface area contributed by atoms with Crippen LogP contribution in [0.2, 0.25) is 0 Å². The predicted molar refractivity (Wildman–Crippen MR) is 160 cm³/mol. The number of carbonyl (C=O) groups is 1. The lowest BCUT2D eigenvalue weighted by Gasteiger charge is -2.34. The van der Waals surface area contributed by atoms with Crippen LogP contribution in [0.5, 0.6) is 0 Å². The number of likely N-dealkylation sites (tertiary alicyclic amines) is 1. The number of aryl methyl sites for hydroxylation is 2. The Morgan fingerprint density at radius 3 is 2.63 bits per heavy atom. The Balaban J connectivity index is 1.25. The molecule has 1 amide bonds. The normalized spacial score (nSPS) is 16.3. The van der Waals surface area contributed by atoms with E-state index in [9.17, 15) is 4.79 Å². The smallest absolute Gasteiger partial charge is 0.224 e. The van der Waals surface area contributed by atoms with Crippen LogP contribution in [0.4, 0.5) is 10.3 Å². The number of hydrogen-bond donors (Lipinski definition) is 2. The van der Waals surface area contributed by atoms with Crippen molar-refractivity contribution in [2.75, 3.05) is 32.5 Å². The molecule has 216 valence electrons. The molecular formula is C32H39FN6O2. The molecule has 4 N–H and O–H groups in total. The Kier molecular flexibility index (Phi) is 8.95. The molecule has 2 aromatic heterocycles. The van der Waals surface area contributed by atoms with Gasteiger partial charge in [0.15, 0.2) is 0 Å². The molecular weight excluding hydrogens is 519 g/mol. The van der Waals surface area contributed by atoms with Crippen LogP contribution in [-0.4, -0.2) is 58.2 Å². The molecule has 1 unspecified atom stereocenters. The van der Waals surface area contributed by atoms with Gasteiger partial charge in [0.2, 0.25) is 11.9 Å². The Hall–Kier alpha value is -3.82. The zero-order valence-electron chi connectivity index (χ0n) is 23.9. The number of para-hydroxylation sites is 1. The second-order valence-corrected chi connectivity index (χ2v) is 11.0. The maximum atomic E-state index is 15.0. The van der Waals surface area contributed by atoms with Gasteiger partial charge in [-0.25, -0.2) is 14.4 Å². The monoisotopic (exact) mass is 558 g/mol. The SMILES string of the molecule is COCCCn1c(C2CCCN(C(=O)C[C@H](N)Cc3ccc(-c4cnc(N)nc4)cc3)C2)c(C)c2cccc(F)c21. The van der Waals surface area contributed by atoms with Crippen molar-refractivity contribution in [1.29, 1.82) is 0 Å². The lowest BCUT2D eigenvalue weighted by atomic mass is 9.91. The fraction of sp³-hybridized carbons (Fsp3) is 0.406.